The summed E-state index contributed by atoms with van der Waals surface area (Å²) in [5.74, 6) is -4.33. The van der Waals surface area contributed by atoms with Crippen LogP contribution in [0.3, 0.4) is 0 Å². The lowest BCUT2D eigenvalue weighted by atomic mass is 10.2. The molecule has 1 saturated heterocycles. The number of amides is 1. The molecule has 0 spiro atoms. The highest BCUT2D eigenvalue weighted by molar-refractivity contribution is 7.91. The van der Waals surface area contributed by atoms with Gasteiger partial charge in [0.1, 0.15) is 11.9 Å². The predicted octanol–water partition coefficient (Wildman–Crippen LogP) is 2.51. The third-order valence-corrected chi connectivity index (χ3v) is 5.98. The molecule has 1 fully saturated rings. The fourth-order valence-corrected chi connectivity index (χ4v) is 4.33. The summed E-state index contributed by atoms with van der Waals surface area (Å²) < 4.78 is 106. The minimum Gasteiger partial charge on any atom is -0.314 e. The number of carbonyl (C=O) groups is 1. The Balaban J connectivity index is 2.10. The van der Waals surface area contributed by atoms with Crippen LogP contribution in [0.15, 0.2) is 30.3 Å². The number of aryl methyl sites for hydroxylation is 1. The molecule has 1 amide bonds. The van der Waals surface area contributed by atoms with Crippen LogP contribution >= 0.6 is 0 Å². The van der Waals surface area contributed by atoms with Crippen LogP contribution in [-0.4, -0.2) is 43.9 Å². The fraction of sp³-hybridized carbons (Fsp3) is 0.353. The van der Waals surface area contributed by atoms with Crippen LogP contribution < -0.4 is 13.9 Å². The van der Waals surface area contributed by atoms with Gasteiger partial charge in [-0.1, -0.05) is 12.1 Å². The Morgan fingerprint density at radius 2 is 1.78 bits per heavy atom. The van der Waals surface area contributed by atoms with Gasteiger partial charge >= 0.3 is 22.6 Å². The molecule has 8 nitrogen and oxygen atoms in total. The van der Waals surface area contributed by atoms with Crippen LogP contribution in [-0.2, 0) is 27.4 Å². The van der Waals surface area contributed by atoms with Crippen molar-refractivity contribution in [3.8, 4) is 0 Å². The zero-order valence-electron chi connectivity index (χ0n) is 16.4. The molecule has 1 aromatic carbocycles. The van der Waals surface area contributed by atoms with Crippen LogP contribution in [0.1, 0.15) is 17.1 Å². The second kappa shape index (κ2) is 7.88. The van der Waals surface area contributed by atoms with E-state index in [9.17, 15) is 39.6 Å². The predicted molar refractivity (Wildman–Crippen MR) is 99.8 cm³/mol. The molecule has 0 aliphatic carbocycles. The molecule has 15 heteroatoms. The van der Waals surface area contributed by atoms with E-state index in [0.717, 1.165) is 10.5 Å². The topological polar surface area (TPSA) is 95.5 Å². The van der Waals surface area contributed by atoms with Crippen LogP contribution in [0.4, 0.5) is 37.8 Å². The number of anilines is 2. The molecule has 1 aliphatic rings. The molecule has 174 valence electrons. The average Bonchev–Trinajstić information content (AvgIpc) is 3.00. The highest BCUT2D eigenvalue weighted by atomic mass is 32.2. The second-order valence-corrected chi connectivity index (χ2v) is 8.46. The molecular weight excluding hydrogens is 468 g/mol. The lowest BCUT2D eigenvalue weighted by molar-refractivity contribution is -0.152. The number of alkyl halides is 6. The van der Waals surface area contributed by atoms with Crippen LogP contribution in [0.5, 0.6) is 0 Å². The van der Waals surface area contributed by atoms with E-state index in [1.807, 2.05) is 4.72 Å². The van der Waals surface area contributed by atoms with Crippen molar-refractivity contribution >= 4 is 27.6 Å². The number of halogens is 6. The first kappa shape index (κ1) is 23.7. The molecule has 0 radical (unpaired) electrons. The summed E-state index contributed by atoms with van der Waals surface area (Å²) in [6, 6.07) is 4.82. The van der Waals surface area contributed by atoms with Gasteiger partial charge in [-0.25, -0.2) is 14.3 Å². The average molecular weight is 483 g/mol. The highest BCUT2D eigenvalue weighted by Gasteiger charge is 2.47. The Bertz CT molecular complexity index is 1120. The Morgan fingerprint density at radius 3 is 2.34 bits per heavy atom. The Morgan fingerprint density at radius 1 is 1.12 bits per heavy atom. The number of nitrogens with zero attached hydrogens (tertiary/aromatic N) is 4. The number of likely N-dealkylation sites (N-methyl/N-ethyl adjacent to an activating group) is 1. The molecule has 1 N–H and O–H groups in total. The summed E-state index contributed by atoms with van der Waals surface area (Å²) in [6.45, 7) is 1.14. The van der Waals surface area contributed by atoms with Gasteiger partial charge in [-0.15, -0.1) is 0 Å². The summed E-state index contributed by atoms with van der Waals surface area (Å²) in [5, 5.41) is 0. The third kappa shape index (κ3) is 4.62. The van der Waals surface area contributed by atoms with E-state index in [4.69, 9.17) is 0 Å². The zero-order chi connectivity index (χ0) is 24.1. The standard InChI is InChI=1S/C17H15F6N5O3S/c1-9-4-3-5-10(6-9)27(2)14(29)11-8-24-32(30,31)28(11)13-7-12(16(18,19)20)25-15(26-13)17(21,22)23/h3-7,11,24H,8H2,1-2H3/t11-/m0/s1. The molecule has 2 heterocycles. The minimum atomic E-state index is -5.40. The molecule has 2 aromatic rings. The van der Waals surface area contributed by atoms with E-state index in [1.54, 1.807) is 25.1 Å². The molecule has 0 bridgehead atoms. The summed E-state index contributed by atoms with van der Waals surface area (Å²) >= 11 is 0. The normalized spacial score (nSPS) is 18.6. The van der Waals surface area contributed by atoms with Crippen molar-refractivity contribution in [1.29, 1.82) is 0 Å². The molecular formula is C17H15F6N5O3S. The van der Waals surface area contributed by atoms with Gasteiger partial charge < -0.3 is 4.90 Å². The number of benzene rings is 1. The smallest absolute Gasteiger partial charge is 0.314 e. The number of rotatable bonds is 3. The zero-order valence-corrected chi connectivity index (χ0v) is 17.2. The van der Waals surface area contributed by atoms with Gasteiger partial charge in [-0.2, -0.15) is 39.5 Å². The Hall–Kier alpha value is -2.94. The van der Waals surface area contributed by atoms with Gasteiger partial charge in [0.2, 0.25) is 5.82 Å². The molecule has 3 rings (SSSR count). The Kier molecular flexibility index (Phi) is 5.84. The molecule has 0 unspecified atom stereocenters. The summed E-state index contributed by atoms with van der Waals surface area (Å²) in [4.78, 5) is 19.5. The van der Waals surface area contributed by atoms with Crippen molar-refractivity contribution in [3.05, 3.63) is 47.4 Å². The van der Waals surface area contributed by atoms with Gasteiger partial charge in [-0.05, 0) is 24.6 Å². The van der Waals surface area contributed by atoms with Crippen molar-refractivity contribution in [2.75, 3.05) is 22.8 Å². The first-order valence-corrected chi connectivity index (χ1v) is 10.2. The maximum atomic E-state index is 13.1. The van der Waals surface area contributed by atoms with Gasteiger partial charge in [0.25, 0.3) is 5.91 Å². The fourth-order valence-electron chi connectivity index (χ4n) is 2.98. The molecule has 32 heavy (non-hydrogen) atoms. The molecule has 1 aliphatic heterocycles. The van der Waals surface area contributed by atoms with Gasteiger partial charge in [0, 0.05) is 25.3 Å². The maximum absolute atomic E-state index is 13.1. The highest BCUT2D eigenvalue weighted by Crippen LogP contribution is 2.35. The van der Waals surface area contributed by atoms with Crippen molar-refractivity contribution in [1.82, 2.24) is 14.7 Å². The maximum Gasteiger partial charge on any atom is 0.451 e. The lowest BCUT2D eigenvalue weighted by Gasteiger charge is -2.27. The largest absolute Gasteiger partial charge is 0.451 e. The lowest BCUT2D eigenvalue weighted by Crippen LogP contribution is -2.47. The van der Waals surface area contributed by atoms with E-state index in [1.165, 1.54) is 13.1 Å². The van der Waals surface area contributed by atoms with E-state index in [0.29, 0.717) is 5.69 Å². The van der Waals surface area contributed by atoms with Crippen molar-refractivity contribution in [3.63, 3.8) is 0 Å². The van der Waals surface area contributed by atoms with E-state index in [-0.39, 0.29) is 10.4 Å². The molecule has 0 saturated carbocycles. The SMILES string of the molecule is Cc1cccc(N(C)C(=O)[C@@H]2CNS(=O)(=O)N2c2cc(C(F)(F)F)nc(C(F)(F)F)n2)c1. The van der Waals surface area contributed by atoms with Crippen molar-refractivity contribution < 1.29 is 39.6 Å². The first-order valence-electron chi connectivity index (χ1n) is 8.78. The van der Waals surface area contributed by atoms with Crippen molar-refractivity contribution in [2.24, 2.45) is 0 Å². The van der Waals surface area contributed by atoms with E-state index >= 15 is 0 Å². The number of nitrogens with one attached hydrogen (secondary N) is 1. The van der Waals surface area contributed by atoms with Gasteiger partial charge in [0.05, 0.1) is 0 Å². The van der Waals surface area contributed by atoms with Gasteiger partial charge in [-0.3, -0.25) is 4.79 Å². The minimum absolute atomic E-state index is 0.0483. The first-order chi connectivity index (χ1) is 14.6. The number of hydrogen-bond acceptors (Lipinski definition) is 5. The summed E-state index contributed by atoms with van der Waals surface area (Å²) in [7, 11) is -3.38. The van der Waals surface area contributed by atoms with E-state index in [2.05, 4.69) is 9.97 Å². The molecule has 1 atom stereocenters. The summed E-state index contributed by atoms with van der Waals surface area (Å²) in [5.41, 5.74) is -0.902. The van der Waals surface area contributed by atoms with Crippen LogP contribution in [0.2, 0.25) is 0 Å². The second-order valence-electron chi connectivity index (χ2n) is 6.83. The van der Waals surface area contributed by atoms with Crippen molar-refractivity contribution in [2.45, 2.75) is 25.3 Å². The van der Waals surface area contributed by atoms with Crippen LogP contribution in [0, 0.1) is 6.92 Å². The van der Waals surface area contributed by atoms with Crippen LogP contribution in [0.25, 0.3) is 0 Å². The number of carbonyl (C=O) groups excluding carboxylic acids is 1. The van der Waals surface area contributed by atoms with E-state index < -0.39 is 58.4 Å². The summed E-state index contributed by atoms with van der Waals surface area (Å²) in [6.07, 6.45) is -10.7. The van der Waals surface area contributed by atoms with Gasteiger partial charge in [0.15, 0.2) is 5.69 Å². The quantitative estimate of drug-likeness (QED) is 0.677. The monoisotopic (exact) mass is 483 g/mol. The molecule has 1 aromatic heterocycles. The number of hydrogen-bond donors (Lipinski definition) is 1. The number of aromatic nitrogens is 2. The Labute approximate surface area is 178 Å². The third-order valence-electron chi connectivity index (χ3n) is 4.49.